The highest BCUT2D eigenvalue weighted by Crippen LogP contribution is 2.15. The summed E-state index contributed by atoms with van der Waals surface area (Å²) in [7, 11) is 0. The number of ether oxygens (including phenoxy) is 1. The van der Waals surface area contributed by atoms with Gasteiger partial charge >= 0.3 is 0 Å². The van der Waals surface area contributed by atoms with Crippen LogP contribution in [0, 0.1) is 0 Å². The van der Waals surface area contributed by atoms with Crippen molar-refractivity contribution in [2.24, 2.45) is 5.73 Å². The SMILES string of the molecule is CCNC(=O)C(C)Oc1ccc(CC(N)CC)cc1. The molecule has 4 nitrogen and oxygen atoms in total. The number of nitrogens with two attached hydrogens (primary N) is 1. The van der Waals surface area contributed by atoms with Crippen molar-refractivity contribution < 1.29 is 9.53 Å². The molecule has 1 aromatic rings. The quantitative estimate of drug-likeness (QED) is 0.790. The Morgan fingerprint density at radius 1 is 1.32 bits per heavy atom. The third-order valence-corrected chi connectivity index (χ3v) is 2.98. The highest BCUT2D eigenvalue weighted by Gasteiger charge is 2.13. The van der Waals surface area contributed by atoms with Gasteiger partial charge in [0.2, 0.25) is 0 Å². The molecule has 0 spiro atoms. The number of benzene rings is 1. The normalized spacial score (nSPS) is 13.7. The Kier molecular flexibility index (Phi) is 6.36. The molecule has 1 rings (SSSR count). The number of hydrogen-bond donors (Lipinski definition) is 2. The predicted octanol–water partition coefficient (Wildman–Crippen LogP) is 1.87. The molecule has 1 amide bonds. The Morgan fingerprint density at radius 2 is 1.95 bits per heavy atom. The Balaban J connectivity index is 2.54. The number of amides is 1. The van der Waals surface area contributed by atoms with Crippen LogP contribution in [-0.2, 0) is 11.2 Å². The summed E-state index contributed by atoms with van der Waals surface area (Å²) < 4.78 is 5.57. The van der Waals surface area contributed by atoms with Crippen LogP contribution in [0.5, 0.6) is 5.75 Å². The van der Waals surface area contributed by atoms with Crippen LogP contribution in [0.3, 0.4) is 0 Å². The largest absolute Gasteiger partial charge is 0.481 e. The average Bonchev–Trinajstić information content (AvgIpc) is 2.41. The van der Waals surface area contributed by atoms with Gasteiger partial charge in [-0.25, -0.2) is 0 Å². The van der Waals surface area contributed by atoms with Crippen LogP contribution in [0.15, 0.2) is 24.3 Å². The van der Waals surface area contributed by atoms with Crippen molar-refractivity contribution in [3.63, 3.8) is 0 Å². The molecule has 3 N–H and O–H groups in total. The van der Waals surface area contributed by atoms with E-state index in [-0.39, 0.29) is 11.9 Å². The summed E-state index contributed by atoms with van der Waals surface area (Å²) in [6, 6.07) is 7.95. The van der Waals surface area contributed by atoms with Crippen LogP contribution in [0.2, 0.25) is 0 Å². The van der Waals surface area contributed by atoms with E-state index in [1.54, 1.807) is 6.92 Å². The Morgan fingerprint density at radius 3 is 2.47 bits per heavy atom. The van der Waals surface area contributed by atoms with Crippen molar-refractivity contribution in [2.75, 3.05) is 6.54 Å². The highest BCUT2D eigenvalue weighted by atomic mass is 16.5. The lowest BCUT2D eigenvalue weighted by molar-refractivity contribution is -0.127. The molecule has 0 radical (unpaired) electrons. The van der Waals surface area contributed by atoms with E-state index in [0.717, 1.165) is 12.8 Å². The van der Waals surface area contributed by atoms with Crippen molar-refractivity contribution in [1.82, 2.24) is 5.32 Å². The van der Waals surface area contributed by atoms with Crippen molar-refractivity contribution in [3.8, 4) is 5.75 Å². The van der Waals surface area contributed by atoms with Gasteiger partial charge in [-0.1, -0.05) is 19.1 Å². The van der Waals surface area contributed by atoms with Crippen molar-refractivity contribution in [3.05, 3.63) is 29.8 Å². The van der Waals surface area contributed by atoms with Crippen LogP contribution in [0.25, 0.3) is 0 Å². The molecule has 0 aliphatic carbocycles. The molecule has 0 bridgehead atoms. The number of carbonyl (C=O) groups is 1. The number of hydrogen-bond acceptors (Lipinski definition) is 3. The maximum atomic E-state index is 11.5. The van der Waals surface area contributed by atoms with Gasteiger partial charge in [0, 0.05) is 12.6 Å². The summed E-state index contributed by atoms with van der Waals surface area (Å²) in [5.74, 6) is 0.604. The van der Waals surface area contributed by atoms with E-state index >= 15 is 0 Å². The minimum Gasteiger partial charge on any atom is -0.481 e. The first-order valence-electron chi connectivity index (χ1n) is 6.85. The molecule has 0 aromatic heterocycles. The number of carbonyl (C=O) groups excluding carboxylic acids is 1. The van der Waals surface area contributed by atoms with Gasteiger partial charge < -0.3 is 15.8 Å². The van der Waals surface area contributed by atoms with E-state index in [9.17, 15) is 4.79 Å². The van der Waals surface area contributed by atoms with Gasteiger partial charge in [0.15, 0.2) is 6.10 Å². The molecule has 0 saturated heterocycles. The molecule has 0 saturated carbocycles. The molecule has 0 aliphatic rings. The molecule has 0 aliphatic heterocycles. The monoisotopic (exact) mass is 264 g/mol. The first-order valence-corrected chi connectivity index (χ1v) is 6.85. The minimum absolute atomic E-state index is 0.0976. The fourth-order valence-corrected chi connectivity index (χ4v) is 1.73. The molecule has 2 atom stereocenters. The van der Waals surface area contributed by atoms with Gasteiger partial charge in [0.05, 0.1) is 0 Å². The molecular weight excluding hydrogens is 240 g/mol. The van der Waals surface area contributed by atoms with Gasteiger partial charge in [-0.3, -0.25) is 4.79 Å². The van der Waals surface area contributed by atoms with Crippen LogP contribution in [-0.4, -0.2) is 24.6 Å². The van der Waals surface area contributed by atoms with E-state index < -0.39 is 6.10 Å². The topological polar surface area (TPSA) is 64.3 Å². The maximum Gasteiger partial charge on any atom is 0.260 e. The summed E-state index contributed by atoms with van der Waals surface area (Å²) in [4.78, 5) is 11.5. The zero-order valence-corrected chi connectivity index (χ0v) is 12.0. The molecule has 4 heteroatoms. The third kappa shape index (κ3) is 5.30. The molecule has 2 unspecified atom stereocenters. The Hall–Kier alpha value is -1.55. The van der Waals surface area contributed by atoms with Gasteiger partial charge in [-0.2, -0.15) is 0 Å². The summed E-state index contributed by atoms with van der Waals surface area (Å²) in [6.07, 6.45) is 1.35. The Bertz CT molecular complexity index is 390. The zero-order valence-electron chi connectivity index (χ0n) is 12.0. The summed E-state index contributed by atoms with van der Waals surface area (Å²) in [5, 5.41) is 2.73. The van der Waals surface area contributed by atoms with Gasteiger partial charge in [-0.15, -0.1) is 0 Å². The van der Waals surface area contributed by atoms with Crippen molar-refractivity contribution in [1.29, 1.82) is 0 Å². The predicted molar refractivity (Wildman–Crippen MR) is 77.2 cm³/mol. The van der Waals surface area contributed by atoms with E-state index in [2.05, 4.69) is 12.2 Å². The van der Waals surface area contributed by atoms with E-state index in [1.807, 2.05) is 31.2 Å². The van der Waals surface area contributed by atoms with Crippen LogP contribution in [0.1, 0.15) is 32.8 Å². The number of rotatable bonds is 7. The second kappa shape index (κ2) is 7.79. The molecular formula is C15H24N2O2. The Labute approximate surface area is 115 Å². The van der Waals surface area contributed by atoms with Crippen LogP contribution in [0.4, 0.5) is 0 Å². The molecule has 106 valence electrons. The lowest BCUT2D eigenvalue weighted by Gasteiger charge is -2.14. The zero-order chi connectivity index (χ0) is 14.3. The number of likely N-dealkylation sites (N-methyl/N-ethyl adjacent to an activating group) is 1. The van der Waals surface area contributed by atoms with Crippen molar-refractivity contribution in [2.45, 2.75) is 45.8 Å². The second-order valence-electron chi connectivity index (χ2n) is 4.67. The first-order chi connectivity index (χ1) is 9.06. The molecule has 0 heterocycles. The fraction of sp³-hybridized carbons (Fsp3) is 0.533. The van der Waals surface area contributed by atoms with Gasteiger partial charge in [0.1, 0.15) is 5.75 Å². The fourth-order valence-electron chi connectivity index (χ4n) is 1.73. The van der Waals surface area contributed by atoms with Crippen LogP contribution < -0.4 is 15.8 Å². The molecule has 0 fully saturated rings. The van der Waals surface area contributed by atoms with E-state index in [1.165, 1.54) is 5.56 Å². The lowest BCUT2D eigenvalue weighted by Crippen LogP contribution is -2.36. The van der Waals surface area contributed by atoms with E-state index in [0.29, 0.717) is 12.3 Å². The maximum absolute atomic E-state index is 11.5. The van der Waals surface area contributed by atoms with Crippen LogP contribution >= 0.6 is 0 Å². The number of nitrogens with one attached hydrogen (secondary N) is 1. The first kappa shape index (κ1) is 15.5. The summed E-state index contributed by atoms with van der Waals surface area (Å²) in [5.41, 5.74) is 7.10. The summed E-state index contributed by atoms with van der Waals surface area (Å²) >= 11 is 0. The third-order valence-electron chi connectivity index (χ3n) is 2.98. The standard InChI is InChI=1S/C15H24N2O2/c1-4-13(16)10-12-6-8-14(9-7-12)19-11(3)15(18)17-5-2/h6-9,11,13H,4-5,10,16H2,1-3H3,(H,17,18). The molecule has 1 aromatic carbocycles. The van der Waals surface area contributed by atoms with Gasteiger partial charge in [0.25, 0.3) is 5.91 Å². The van der Waals surface area contributed by atoms with E-state index in [4.69, 9.17) is 10.5 Å². The van der Waals surface area contributed by atoms with Crippen molar-refractivity contribution >= 4 is 5.91 Å². The second-order valence-corrected chi connectivity index (χ2v) is 4.67. The molecule has 19 heavy (non-hydrogen) atoms. The van der Waals surface area contributed by atoms with Gasteiger partial charge in [-0.05, 0) is 44.4 Å². The smallest absolute Gasteiger partial charge is 0.260 e. The highest BCUT2D eigenvalue weighted by molar-refractivity contribution is 5.80. The summed E-state index contributed by atoms with van der Waals surface area (Å²) in [6.45, 7) is 6.32. The average molecular weight is 264 g/mol. The lowest BCUT2D eigenvalue weighted by atomic mass is 10.0. The minimum atomic E-state index is -0.483.